The number of halogens is 1. The van der Waals surface area contributed by atoms with Crippen molar-refractivity contribution in [2.45, 2.75) is 36.4 Å². The summed E-state index contributed by atoms with van der Waals surface area (Å²) >= 11 is 1.22. The van der Waals surface area contributed by atoms with Crippen molar-refractivity contribution in [3.8, 4) is 0 Å². The fraction of sp³-hybridized carbons (Fsp3) is 0.700. The number of rotatable bonds is 3. The van der Waals surface area contributed by atoms with Crippen LogP contribution in [-0.2, 0) is 10.0 Å². The first kappa shape index (κ1) is 15.8. The van der Waals surface area contributed by atoms with Gasteiger partial charge in [0.05, 0.1) is 11.2 Å². The first-order valence-electron chi connectivity index (χ1n) is 5.70. The number of piperidine rings is 1. The number of hydrogen-bond donors (Lipinski definition) is 1. The Morgan fingerprint density at radius 3 is 2.83 bits per heavy atom. The number of nitrogens with two attached hydrogens (primary N) is 1. The van der Waals surface area contributed by atoms with Gasteiger partial charge in [0, 0.05) is 19.1 Å². The minimum atomic E-state index is -3.39. The average molecular weight is 312 g/mol. The molecule has 0 amide bonds. The van der Waals surface area contributed by atoms with E-state index in [1.807, 2.05) is 0 Å². The molecule has 0 saturated carbocycles. The van der Waals surface area contributed by atoms with Crippen LogP contribution in [0.1, 0.15) is 24.3 Å². The molecule has 1 fully saturated rings. The number of nitrogens with zero attached hydrogens (tertiary/aromatic N) is 2. The molecule has 0 spiro atoms. The first-order chi connectivity index (χ1) is 8.05. The third-order valence-electron chi connectivity index (χ3n) is 3.01. The van der Waals surface area contributed by atoms with Crippen molar-refractivity contribution in [2.75, 3.05) is 13.1 Å². The Labute approximate surface area is 118 Å². The Hall–Kier alpha value is -0.210. The fourth-order valence-corrected chi connectivity index (χ4v) is 5.05. The van der Waals surface area contributed by atoms with Gasteiger partial charge in [0.1, 0.15) is 0 Å². The molecule has 1 aliphatic heterocycles. The van der Waals surface area contributed by atoms with Gasteiger partial charge in [-0.3, -0.25) is 0 Å². The second-order valence-electron chi connectivity index (χ2n) is 4.20. The van der Waals surface area contributed by atoms with E-state index < -0.39 is 10.0 Å². The molecular formula is C10H18ClN3O2S2. The predicted octanol–water partition coefficient (Wildman–Crippen LogP) is 1.38. The zero-order chi connectivity index (χ0) is 12.5. The largest absolute Gasteiger partial charge is 0.329 e. The number of thiazole rings is 1. The van der Waals surface area contributed by atoms with Crippen molar-refractivity contribution in [1.29, 1.82) is 0 Å². The first-order valence-corrected chi connectivity index (χ1v) is 7.95. The molecule has 0 aliphatic carbocycles. The molecule has 2 rings (SSSR count). The Balaban J connectivity index is 0.00000162. The molecular weight excluding hydrogens is 294 g/mol. The summed E-state index contributed by atoms with van der Waals surface area (Å²) in [5.74, 6) is 0. The van der Waals surface area contributed by atoms with Gasteiger partial charge in [0.25, 0.3) is 10.0 Å². The minimum Gasteiger partial charge on any atom is -0.329 e. The molecule has 18 heavy (non-hydrogen) atoms. The summed E-state index contributed by atoms with van der Waals surface area (Å²) in [5.41, 5.74) is 5.66. The van der Waals surface area contributed by atoms with Crippen LogP contribution in [0.25, 0.3) is 0 Å². The van der Waals surface area contributed by atoms with Crippen LogP contribution in [-0.4, -0.2) is 36.8 Å². The maximum absolute atomic E-state index is 12.4. The molecule has 1 saturated heterocycles. The lowest BCUT2D eigenvalue weighted by atomic mass is 10.1. The van der Waals surface area contributed by atoms with Gasteiger partial charge in [0.15, 0.2) is 4.21 Å². The molecule has 2 N–H and O–H groups in total. The van der Waals surface area contributed by atoms with Crippen LogP contribution in [0.2, 0.25) is 0 Å². The van der Waals surface area contributed by atoms with E-state index in [4.69, 9.17) is 5.73 Å². The minimum absolute atomic E-state index is 0. The molecule has 1 unspecified atom stereocenters. The van der Waals surface area contributed by atoms with Crippen LogP contribution in [0.4, 0.5) is 0 Å². The maximum atomic E-state index is 12.4. The van der Waals surface area contributed by atoms with E-state index in [0.717, 1.165) is 24.3 Å². The summed E-state index contributed by atoms with van der Waals surface area (Å²) in [7, 11) is -3.39. The Morgan fingerprint density at radius 1 is 1.56 bits per heavy atom. The number of aryl methyl sites for hydroxylation is 1. The van der Waals surface area contributed by atoms with Crippen molar-refractivity contribution in [1.82, 2.24) is 9.29 Å². The monoisotopic (exact) mass is 311 g/mol. The van der Waals surface area contributed by atoms with E-state index in [-0.39, 0.29) is 18.4 Å². The molecule has 2 heterocycles. The van der Waals surface area contributed by atoms with Crippen LogP contribution < -0.4 is 5.73 Å². The van der Waals surface area contributed by atoms with Crippen molar-refractivity contribution in [3.63, 3.8) is 0 Å². The van der Waals surface area contributed by atoms with Gasteiger partial charge < -0.3 is 5.73 Å². The molecule has 5 nitrogen and oxygen atoms in total. The molecule has 1 aromatic heterocycles. The lowest BCUT2D eigenvalue weighted by molar-refractivity contribution is 0.258. The summed E-state index contributed by atoms with van der Waals surface area (Å²) in [4.78, 5) is 4.01. The van der Waals surface area contributed by atoms with Gasteiger partial charge in [-0.15, -0.1) is 23.7 Å². The second-order valence-corrected chi connectivity index (χ2v) is 7.55. The summed E-state index contributed by atoms with van der Waals surface area (Å²) < 4.78 is 26.7. The van der Waals surface area contributed by atoms with Crippen LogP contribution >= 0.6 is 23.7 Å². The summed E-state index contributed by atoms with van der Waals surface area (Å²) in [6, 6.07) is -0.0591. The molecule has 0 bridgehead atoms. The third-order valence-corrected chi connectivity index (χ3v) is 6.31. The van der Waals surface area contributed by atoms with Crippen LogP contribution in [0.3, 0.4) is 0 Å². The van der Waals surface area contributed by atoms with E-state index in [2.05, 4.69) is 4.98 Å². The zero-order valence-corrected chi connectivity index (χ0v) is 12.7. The van der Waals surface area contributed by atoms with Gasteiger partial charge in [0.2, 0.25) is 0 Å². The Morgan fingerprint density at radius 2 is 2.28 bits per heavy atom. The standard InChI is InChI=1S/C10H17N3O2S2.ClH/c1-8-12-7-10(16-8)17(14,15)13-5-3-2-4-9(13)6-11;/h7,9H,2-6,11H2,1H3;1H. The number of aromatic nitrogens is 1. The van der Waals surface area contributed by atoms with Crippen molar-refractivity contribution < 1.29 is 8.42 Å². The van der Waals surface area contributed by atoms with Gasteiger partial charge in [-0.1, -0.05) is 6.42 Å². The molecule has 1 aromatic rings. The molecule has 1 atom stereocenters. The van der Waals surface area contributed by atoms with Gasteiger partial charge in [-0.25, -0.2) is 13.4 Å². The topological polar surface area (TPSA) is 76.3 Å². The number of sulfonamides is 1. The lowest BCUT2D eigenvalue weighted by Crippen LogP contribution is -2.47. The lowest BCUT2D eigenvalue weighted by Gasteiger charge is -2.33. The SMILES string of the molecule is Cc1ncc(S(=O)(=O)N2CCCCC2CN)s1.Cl. The highest BCUT2D eigenvalue weighted by atomic mass is 35.5. The number of hydrogen-bond acceptors (Lipinski definition) is 5. The zero-order valence-electron chi connectivity index (χ0n) is 10.2. The third kappa shape index (κ3) is 3.03. The molecule has 104 valence electrons. The molecule has 1 aliphatic rings. The smallest absolute Gasteiger partial charge is 0.254 e. The molecule has 8 heteroatoms. The Bertz CT molecular complexity index is 489. The fourth-order valence-electron chi connectivity index (χ4n) is 2.10. The average Bonchev–Trinajstić information content (AvgIpc) is 2.76. The quantitative estimate of drug-likeness (QED) is 0.915. The van der Waals surface area contributed by atoms with Crippen molar-refractivity contribution >= 4 is 33.8 Å². The van der Waals surface area contributed by atoms with Crippen molar-refractivity contribution in [2.24, 2.45) is 5.73 Å². The predicted molar refractivity (Wildman–Crippen MR) is 74.7 cm³/mol. The molecule has 0 radical (unpaired) electrons. The Kier molecular flexibility index (Phi) is 5.54. The highest BCUT2D eigenvalue weighted by molar-refractivity contribution is 7.91. The van der Waals surface area contributed by atoms with Gasteiger partial charge in [-0.2, -0.15) is 4.31 Å². The van der Waals surface area contributed by atoms with E-state index >= 15 is 0 Å². The molecule has 0 aromatic carbocycles. The highest BCUT2D eigenvalue weighted by Crippen LogP contribution is 2.27. The van der Waals surface area contributed by atoms with Crippen LogP contribution in [0, 0.1) is 6.92 Å². The van der Waals surface area contributed by atoms with E-state index in [9.17, 15) is 8.42 Å². The highest BCUT2D eigenvalue weighted by Gasteiger charge is 2.33. The van der Waals surface area contributed by atoms with E-state index in [0.29, 0.717) is 17.3 Å². The normalized spacial score (nSPS) is 21.6. The summed E-state index contributed by atoms with van der Waals surface area (Å²) in [6.45, 7) is 2.76. The van der Waals surface area contributed by atoms with Gasteiger partial charge in [-0.05, 0) is 19.8 Å². The second kappa shape index (κ2) is 6.29. The maximum Gasteiger partial charge on any atom is 0.254 e. The van der Waals surface area contributed by atoms with E-state index in [1.165, 1.54) is 17.5 Å². The summed E-state index contributed by atoms with van der Waals surface area (Å²) in [6.07, 6.45) is 4.26. The summed E-state index contributed by atoms with van der Waals surface area (Å²) in [5, 5.41) is 0.768. The van der Waals surface area contributed by atoms with Crippen LogP contribution in [0.5, 0.6) is 0 Å². The van der Waals surface area contributed by atoms with E-state index in [1.54, 1.807) is 11.2 Å². The van der Waals surface area contributed by atoms with Gasteiger partial charge >= 0.3 is 0 Å². The van der Waals surface area contributed by atoms with Crippen LogP contribution in [0.15, 0.2) is 10.4 Å². The van der Waals surface area contributed by atoms with Crippen molar-refractivity contribution in [3.05, 3.63) is 11.2 Å².